The van der Waals surface area contributed by atoms with Gasteiger partial charge >= 0.3 is 5.97 Å². The molecule has 19 heavy (non-hydrogen) atoms. The molecule has 1 amide bonds. The Morgan fingerprint density at radius 2 is 2.16 bits per heavy atom. The summed E-state index contributed by atoms with van der Waals surface area (Å²) in [7, 11) is 0. The highest BCUT2D eigenvalue weighted by molar-refractivity contribution is 7.14. The summed E-state index contributed by atoms with van der Waals surface area (Å²) < 4.78 is 0. The van der Waals surface area contributed by atoms with Crippen LogP contribution in [0, 0.1) is 0 Å². The maximum atomic E-state index is 12.0. The molecule has 2 aromatic rings. The zero-order valence-electron chi connectivity index (χ0n) is 10.3. The van der Waals surface area contributed by atoms with Crippen molar-refractivity contribution in [1.82, 2.24) is 5.32 Å². The van der Waals surface area contributed by atoms with Crippen LogP contribution in [0.5, 0.6) is 0 Å². The van der Waals surface area contributed by atoms with E-state index in [-0.39, 0.29) is 5.91 Å². The number of nitrogens with one attached hydrogen (secondary N) is 1. The predicted octanol–water partition coefficient (Wildman–Crippen LogP) is 2.93. The third kappa shape index (κ3) is 3.21. The van der Waals surface area contributed by atoms with Crippen molar-refractivity contribution in [3.63, 3.8) is 0 Å². The highest BCUT2D eigenvalue weighted by Gasteiger charge is 2.24. The maximum Gasteiger partial charge on any atom is 0.331 e. The molecule has 100 valence electrons. The van der Waals surface area contributed by atoms with Gasteiger partial charge in [0.2, 0.25) is 0 Å². The van der Waals surface area contributed by atoms with Crippen LogP contribution in [0.1, 0.15) is 32.4 Å². The van der Waals surface area contributed by atoms with Gasteiger partial charge in [-0.3, -0.25) is 4.79 Å². The Bertz CT molecular complexity index is 574. The Morgan fingerprint density at radius 3 is 2.68 bits per heavy atom. The van der Waals surface area contributed by atoms with Crippen LogP contribution in [-0.2, 0) is 11.2 Å². The SMILES string of the molecule is CCc1ccc(C(=O)NC(C(=O)O)c2cccs2)s1. The number of carboxylic acids is 1. The zero-order chi connectivity index (χ0) is 13.8. The molecule has 0 bridgehead atoms. The van der Waals surface area contributed by atoms with E-state index in [0.717, 1.165) is 11.3 Å². The third-order valence-corrected chi connectivity index (χ3v) is 4.75. The van der Waals surface area contributed by atoms with Crippen molar-refractivity contribution in [2.24, 2.45) is 0 Å². The summed E-state index contributed by atoms with van der Waals surface area (Å²) in [6.45, 7) is 2.01. The summed E-state index contributed by atoms with van der Waals surface area (Å²) >= 11 is 2.70. The maximum absolute atomic E-state index is 12.0. The number of amides is 1. The lowest BCUT2D eigenvalue weighted by atomic mass is 10.2. The van der Waals surface area contributed by atoms with E-state index < -0.39 is 12.0 Å². The smallest absolute Gasteiger partial charge is 0.331 e. The number of carboxylic acid groups (broad SMARTS) is 1. The predicted molar refractivity (Wildman–Crippen MR) is 75.9 cm³/mol. The molecular formula is C13H13NO3S2. The van der Waals surface area contributed by atoms with Crippen molar-refractivity contribution in [3.8, 4) is 0 Å². The minimum Gasteiger partial charge on any atom is -0.479 e. The molecule has 6 heteroatoms. The van der Waals surface area contributed by atoms with E-state index >= 15 is 0 Å². The standard InChI is InChI=1S/C13H13NO3S2/c1-2-8-5-6-10(19-8)12(15)14-11(13(16)17)9-4-3-7-18-9/h3-7,11H,2H2,1H3,(H,14,15)(H,16,17). The molecule has 2 N–H and O–H groups in total. The molecule has 2 aromatic heterocycles. The topological polar surface area (TPSA) is 66.4 Å². The van der Waals surface area contributed by atoms with Crippen molar-refractivity contribution in [1.29, 1.82) is 0 Å². The van der Waals surface area contributed by atoms with Gasteiger partial charge in [0.05, 0.1) is 4.88 Å². The number of aliphatic carboxylic acids is 1. The fourth-order valence-corrected chi connectivity index (χ4v) is 3.22. The van der Waals surface area contributed by atoms with E-state index in [1.165, 1.54) is 22.7 Å². The molecule has 0 aliphatic heterocycles. The first-order chi connectivity index (χ1) is 9.11. The van der Waals surface area contributed by atoms with Crippen LogP contribution >= 0.6 is 22.7 Å². The molecule has 0 aliphatic carbocycles. The summed E-state index contributed by atoms with van der Waals surface area (Å²) in [5.41, 5.74) is 0. The molecule has 2 rings (SSSR count). The van der Waals surface area contributed by atoms with Crippen LogP contribution in [0.2, 0.25) is 0 Å². The van der Waals surface area contributed by atoms with Crippen molar-refractivity contribution < 1.29 is 14.7 Å². The number of rotatable bonds is 5. The van der Waals surface area contributed by atoms with Crippen molar-refractivity contribution in [3.05, 3.63) is 44.3 Å². The van der Waals surface area contributed by atoms with Gasteiger partial charge in [-0.1, -0.05) is 13.0 Å². The number of hydrogen-bond donors (Lipinski definition) is 2. The molecule has 0 aromatic carbocycles. The van der Waals surface area contributed by atoms with Crippen LogP contribution in [0.15, 0.2) is 29.6 Å². The molecule has 1 unspecified atom stereocenters. The summed E-state index contributed by atoms with van der Waals surface area (Å²) in [5, 5.41) is 13.5. The second-order valence-corrected chi connectivity index (χ2v) is 6.03. The molecule has 0 spiro atoms. The van der Waals surface area contributed by atoms with Gasteiger partial charge in [0.25, 0.3) is 5.91 Å². The van der Waals surface area contributed by atoms with Gasteiger partial charge in [0.15, 0.2) is 6.04 Å². The molecule has 0 aliphatic rings. The number of aryl methyl sites for hydroxylation is 1. The number of hydrogen-bond acceptors (Lipinski definition) is 4. The largest absolute Gasteiger partial charge is 0.479 e. The minimum atomic E-state index is -1.05. The van der Waals surface area contributed by atoms with Crippen LogP contribution in [-0.4, -0.2) is 17.0 Å². The average Bonchev–Trinajstić information content (AvgIpc) is 3.05. The first-order valence-electron chi connectivity index (χ1n) is 5.77. The monoisotopic (exact) mass is 295 g/mol. The molecule has 0 saturated heterocycles. The lowest BCUT2D eigenvalue weighted by Gasteiger charge is -2.11. The fraction of sp³-hybridized carbons (Fsp3) is 0.231. The van der Waals surface area contributed by atoms with Gasteiger partial charge in [0.1, 0.15) is 0 Å². The Morgan fingerprint density at radius 1 is 1.37 bits per heavy atom. The second kappa shape index (κ2) is 5.99. The van der Waals surface area contributed by atoms with E-state index in [2.05, 4.69) is 5.32 Å². The molecule has 1 atom stereocenters. The number of carbonyl (C=O) groups is 2. The van der Waals surface area contributed by atoms with Crippen molar-refractivity contribution in [2.75, 3.05) is 0 Å². The van der Waals surface area contributed by atoms with Gasteiger partial charge in [-0.25, -0.2) is 4.79 Å². The first kappa shape index (κ1) is 13.8. The summed E-state index contributed by atoms with van der Waals surface area (Å²) in [5.74, 6) is -1.39. The minimum absolute atomic E-state index is 0.342. The highest BCUT2D eigenvalue weighted by Crippen LogP contribution is 2.22. The summed E-state index contributed by atoms with van der Waals surface area (Å²) in [6, 6.07) is 6.10. The Balaban J connectivity index is 2.13. The second-order valence-electron chi connectivity index (χ2n) is 3.88. The average molecular weight is 295 g/mol. The van der Waals surface area contributed by atoms with Crippen LogP contribution in [0.25, 0.3) is 0 Å². The van der Waals surface area contributed by atoms with E-state index in [1.807, 2.05) is 13.0 Å². The Hall–Kier alpha value is -1.66. The Kier molecular flexibility index (Phi) is 4.34. The van der Waals surface area contributed by atoms with Gasteiger partial charge in [-0.05, 0) is 30.0 Å². The fourth-order valence-electron chi connectivity index (χ4n) is 1.60. The molecular weight excluding hydrogens is 282 g/mol. The summed E-state index contributed by atoms with van der Waals surface area (Å²) in [4.78, 5) is 25.5. The van der Waals surface area contributed by atoms with Crippen molar-refractivity contribution in [2.45, 2.75) is 19.4 Å². The van der Waals surface area contributed by atoms with Crippen LogP contribution in [0.4, 0.5) is 0 Å². The van der Waals surface area contributed by atoms with Crippen LogP contribution in [0.3, 0.4) is 0 Å². The molecule has 0 radical (unpaired) electrons. The first-order valence-corrected chi connectivity index (χ1v) is 7.47. The third-order valence-electron chi connectivity index (χ3n) is 2.58. The van der Waals surface area contributed by atoms with Gasteiger partial charge < -0.3 is 10.4 Å². The van der Waals surface area contributed by atoms with E-state index in [1.54, 1.807) is 23.6 Å². The number of thiophene rings is 2. The van der Waals surface area contributed by atoms with E-state index in [9.17, 15) is 14.7 Å². The van der Waals surface area contributed by atoms with Crippen molar-refractivity contribution >= 4 is 34.6 Å². The van der Waals surface area contributed by atoms with E-state index in [0.29, 0.717) is 9.75 Å². The van der Waals surface area contributed by atoms with Gasteiger partial charge in [0, 0.05) is 9.75 Å². The normalized spacial score (nSPS) is 12.1. The van der Waals surface area contributed by atoms with Crippen LogP contribution < -0.4 is 5.32 Å². The quantitative estimate of drug-likeness (QED) is 0.891. The molecule has 4 nitrogen and oxygen atoms in total. The van der Waals surface area contributed by atoms with Gasteiger partial charge in [-0.2, -0.15) is 0 Å². The summed E-state index contributed by atoms with van der Waals surface area (Å²) in [6.07, 6.45) is 0.866. The molecule has 2 heterocycles. The number of carbonyl (C=O) groups excluding carboxylic acids is 1. The zero-order valence-corrected chi connectivity index (χ0v) is 11.9. The molecule has 0 saturated carbocycles. The highest BCUT2D eigenvalue weighted by atomic mass is 32.1. The van der Waals surface area contributed by atoms with E-state index in [4.69, 9.17) is 0 Å². The lowest BCUT2D eigenvalue weighted by Crippen LogP contribution is -2.32. The Labute approximate surface area is 118 Å². The lowest BCUT2D eigenvalue weighted by molar-refractivity contribution is -0.139. The molecule has 0 fully saturated rings. The van der Waals surface area contributed by atoms with Gasteiger partial charge in [-0.15, -0.1) is 22.7 Å².